The monoisotopic (exact) mass is 921 g/mol. The molecule has 0 saturated carbocycles. The molecule has 0 spiro atoms. The second kappa shape index (κ2) is 27.0. The summed E-state index contributed by atoms with van der Waals surface area (Å²) in [5.74, 6) is 2.67. The van der Waals surface area contributed by atoms with Gasteiger partial charge < -0.3 is 63.2 Å². The summed E-state index contributed by atoms with van der Waals surface area (Å²) in [6, 6.07) is 37.2. The highest BCUT2D eigenvalue weighted by molar-refractivity contribution is 5.67. The number of carbonyl (C=O) groups is 2. The summed E-state index contributed by atoms with van der Waals surface area (Å²) in [4.78, 5) is 31.0. The Morgan fingerprint density at radius 3 is 1.15 bits per heavy atom. The zero-order chi connectivity index (χ0) is 48.0. The Morgan fingerprint density at radius 1 is 0.448 bits per heavy atom. The molecule has 5 rings (SSSR count). The number of hydrogen-bond acceptors (Lipinski definition) is 13. The summed E-state index contributed by atoms with van der Waals surface area (Å²) in [6.07, 6.45) is -0.746. The molecule has 2 N–H and O–H groups in total. The summed E-state index contributed by atoms with van der Waals surface area (Å²) in [5, 5.41) is 5.60. The molecule has 0 aliphatic rings. The van der Waals surface area contributed by atoms with Crippen molar-refractivity contribution in [1.82, 2.24) is 10.6 Å². The van der Waals surface area contributed by atoms with Crippen molar-refractivity contribution in [1.29, 1.82) is 0 Å². The van der Waals surface area contributed by atoms with Gasteiger partial charge in [0.25, 0.3) is 0 Å². The molecular weight excluding hydrogens is 855 g/mol. The third-order valence-corrected chi connectivity index (χ3v) is 10.6. The number of ether oxygens (including phenoxy) is 8. The van der Waals surface area contributed by atoms with Gasteiger partial charge in [-0.2, -0.15) is 0 Å². The number of methoxy groups -OCH3 is 2. The van der Waals surface area contributed by atoms with Crippen LogP contribution in [0.25, 0.3) is 0 Å². The molecule has 2 atom stereocenters. The number of carbonyl (C=O) groups excluding carboxylic acids is 2. The maximum Gasteiger partial charge on any atom is 0.407 e. The minimum Gasteiger partial charge on any atom is -0.497 e. The molecule has 0 aliphatic carbocycles. The zero-order valence-electron chi connectivity index (χ0n) is 40.1. The highest BCUT2D eigenvalue weighted by Crippen LogP contribution is 2.29. The number of amides is 2. The largest absolute Gasteiger partial charge is 0.497 e. The summed E-state index contributed by atoms with van der Waals surface area (Å²) in [7, 11) is 15.1. The van der Waals surface area contributed by atoms with Crippen molar-refractivity contribution in [3.63, 3.8) is 0 Å². The van der Waals surface area contributed by atoms with Crippen molar-refractivity contribution < 1.29 is 47.5 Å². The molecule has 360 valence electrons. The smallest absolute Gasteiger partial charge is 0.407 e. The molecule has 0 radical (unpaired) electrons. The van der Waals surface area contributed by atoms with Crippen LogP contribution in [0.3, 0.4) is 0 Å². The van der Waals surface area contributed by atoms with Crippen LogP contribution in [0.1, 0.15) is 22.3 Å². The highest BCUT2D eigenvalue weighted by Gasteiger charge is 2.17. The maximum absolute atomic E-state index is 12.5. The van der Waals surface area contributed by atoms with Crippen molar-refractivity contribution >= 4 is 29.2 Å². The minimum absolute atomic E-state index is 0.0596. The minimum atomic E-state index is -0.526. The first-order valence-electron chi connectivity index (χ1n) is 22.3. The topological polar surface area (TPSA) is 142 Å². The second-order valence-electron chi connectivity index (χ2n) is 16.4. The van der Waals surface area contributed by atoms with Crippen molar-refractivity contribution in [2.24, 2.45) is 0 Å². The molecule has 0 fully saturated rings. The van der Waals surface area contributed by atoms with E-state index < -0.39 is 12.2 Å². The van der Waals surface area contributed by atoms with E-state index in [0.717, 1.165) is 50.8 Å². The third kappa shape index (κ3) is 18.2. The van der Waals surface area contributed by atoms with E-state index in [1.54, 1.807) is 14.2 Å². The number of nitrogens with zero attached hydrogens (tertiary/aromatic N) is 3. The quantitative estimate of drug-likeness (QED) is 0.0496. The van der Waals surface area contributed by atoms with Crippen LogP contribution in [0.4, 0.5) is 26.7 Å². The molecule has 0 aliphatic heterocycles. The van der Waals surface area contributed by atoms with Crippen LogP contribution in [0.5, 0.6) is 23.0 Å². The van der Waals surface area contributed by atoms with Crippen LogP contribution in [-0.4, -0.2) is 121 Å². The number of rotatable bonds is 27. The molecule has 5 aromatic carbocycles. The average molecular weight is 922 g/mol. The van der Waals surface area contributed by atoms with Crippen LogP contribution in [0.15, 0.2) is 115 Å². The molecule has 0 heterocycles. The van der Waals surface area contributed by atoms with Gasteiger partial charge in [0.15, 0.2) is 0 Å². The molecule has 15 heteroatoms. The lowest BCUT2D eigenvalue weighted by Gasteiger charge is -2.22. The Morgan fingerprint density at radius 2 is 0.806 bits per heavy atom. The van der Waals surface area contributed by atoms with E-state index in [9.17, 15) is 9.59 Å². The van der Waals surface area contributed by atoms with E-state index >= 15 is 0 Å². The van der Waals surface area contributed by atoms with Gasteiger partial charge in [0.2, 0.25) is 0 Å². The predicted molar refractivity (Wildman–Crippen MR) is 263 cm³/mol. The lowest BCUT2D eigenvalue weighted by Crippen LogP contribution is -2.29. The summed E-state index contributed by atoms with van der Waals surface area (Å²) in [5.41, 5.74) is 7.01. The first kappa shape index (κ1) is 51.1. The summed E-state index contributed by atoms with van der Waals surface area (Å²) >= 11 is 0. The van der Waals surface area contributed by atoms with E-state index in [1.807, 2.05) is 172 Å². The number of anilines is 3. The van der Waals surface area contributed by atoms with Crippen LogP contribution in [0.2, 0.25) is 0 Å². The Labute approximate surface area is 395 Å². The van der Waals surface area contributed by atoms with Gasteiger partial charge in [-0.3, -0.25) is 0 Å². The molecule has 5 aromatic rings. The van der Waals surface area contributed by atoms with E-state index in [4.69, 9.17) is 37.9 Å². The highest BCUT2D eigenvalue weighted by atomic mass is 16.6. The van der Waals surface area contributed by atoms with E-state index in [2.05, 4.69) is 10.6 Å². The summed E-state index contributed by atoms with van der Waals surface area (Å²) in [6.45, 7) is 1.55. The molecule has 0 bridgehead atoms. The Balaban J connectivity index is 1.17. The lowest BCUT2D eigenvalue weighted by molar-refractivity contribution is -0.00219. The number of hydrogen-bond donors (Lipinski definition) is 2. The van der Waals surface area contributed by atoms with Gasteiger partial charge in [-0.15, -0.1) is 0 Å². The van der Waals surface area contributed by atoms with Gasteiger partial charge in [0, 0.05) is 103 Å². The van der Waals surface area contributed by atoms with Crippen LogP contribution < -0.4 is 44.3 Å². The molecule has 67 heavy (non-hydrogen) atoms. The lowest BCUT2D eigenvalue weighted by atomic mass is 10.1. The van der Waals surface area contributed by atoms with Crippen molar-refractivity contribution in [2.45, 2.75) is 38.1 Å². The predicted octanol–water partition coefficient (Wildman–Crippen LogP) is 7.77. The first-order chi connectivity index (χ1) is 32.4. The fourth-order valence-corrected chi connectivity index (χ4v) is 6.71. The molecule has 0 aromatic heterocycles. The van der Waals surface area contributed by atoms with E-state index in [-0.39, 0.29) is 51.8 Å². The number of nitrogens with one attached hydrogen (secondary N) is 2. The Hall–Kier alpha value is -6.84. The van der Waals surface area contributed by atoms with Crippen LogP contribution in [-0.2, 0) is 44.9 Å². The Kier molecular flexibility index (Phi) is 20.6. The van der Waals surface area contributed by atoms with Crippen LogP contribution >= 0.6 is 0 Å². The molecule has 2 unspecified atom stereocenters. The fraction of sp³-hybridized carbons (Fsp3) is 0.385. The van der Waals surface area contributed by atoms with Gasteiger partial charge in [-0.1, -0.05) is 48.5 Å². The average Bonchev–Trinajstić information content (AvgIpc) is 3.34. The number of benzene rings is 5. The van der Waals surface area contributed by atoms with Crippen molar-refractivity contribution in [2.75, 3.05) is 111 Å². The zero-order valence-corrected chi connectivity index (χ0v) is 40.1. The van der Waals surface area contributed by atoms with Gasteiger partial charge in [-0.25, -0.2) is 9.59 Å². The van der Waals surface area contributed by atoms with Crippen molar-refractivity contribution in [3.8, 4) is 23.0 Å². The van der Waals surface area contributed by atoms with Gasteiger partial charge in [-0.05, 0) is 70.8 Å². The van der Waals surface area contributed by atoms with Gasteiger partial charge in [0.05, 0.1) is 39.6 Å². The normalized spacial score (nSPS) is 11.7. The fourth-order valence-electron chi connectivity index (χ4n) is 6.71. The SMILES string of the molecule is COc1ccc(CC(COc2cc(OCC(Cc3ccc(OC)cc3)OCCOC(=O)NCc3ccc(N(C)C)cc3)cc(N(C)C)c2)OCCOC(=O)NCc2ccc(N(C)C)cc2)cc1. The first-order valence-corrected chi connectivity index (χ1v) is 22.3. The van der Waals surface area contributed by atoms with E-state index in [1.165, 1.54) is 0 Å². The van der Waals surface area contributed by atoms with Gasteiger partial charge >= 0.3 is 12.2 Å². The maximum atomic E-state index is 12.5. The standard InChI is InChI=1S/C52H67N5O10/c1-55(2)42-17-9-40(10-18-42)34-53-51(58)64-27-25-62-49(29-38-13-21-45(60-7)22-14-38)36-66-47-31-44(57(5)6)32-48(33-47)67-37-50(30-39-15-23-46(61-8)24-16-39)63-26-28-65-52(59)54-35-41-11-19-43(20-12-41)56(3)4/h9-24,31-33,49-50H,25-30,34-37H2,1-8H3,(H,53,58)(H,54,59). The Bertz CT molecular complexity index is 2070. The third-order valence-electron chi connectivity index (χ3n) is 10.6. The molecule has 2 amide bonds. The molecule has 15 nitrogen and oxygen atoms in total. The summed E-state index contributed by atoms with van der Waals surface area (Å²) < 4.78 is 47.0. The number of alkyl carbamates (subject to hydrolysis) is 2. The molecule has 0 saturated heterocycles. The van der Waals surface area contributed by atoms with Gasteiger partial charge in [0.1, 0.15) is 49.4 Å². The van der Waals surface area contributed by atoms with E-state index in [0.29, 0.717) is 37.4 Å². The van der Waals surface area contributed by atoms with Crippen LogP contribution in [0, 0.1) is 0 Å². The van der Waals surface area contributed by atoms with Crippen molar-refractivity contribution in [3.05, 3.63) is 138 Å². The second-order valence-corrected chi connectivity index (χ2v) is 16.4. The molecular formula is C52H67N5O10.